The summed E-state index contributed by atoms with van der Waals surface area (Å²) in [6, 6.07) is 4.84. The van der Waals surface area contributed by atoms with E-state index in [1.54, 1.807) is 0 Å². The maximum absolute atomic E-state index is 6.01. The molecule has 108 valence electrons. The van der Waals surface area contributed by atoms with Gasteiger partial charge in [-0.25, -0.2) is 0 Å². The fraction of sp³-hybridized carbons (Fsp3) is 0.750. The normalized spacial score (nSPS) is 29.3. The minimum atomic E-state index is 0.0453. The summed E-state index contributed by atoms with van der Waals surface area (Å²) in [5, 5.41) is 5.69. The smallest absolute Gasteiger partial charge is 0.0833 e. The molecule has 0 saturated heterocycles. The highest BCUT2D eigenvalue weighted by atomic mass is 32.1. The Labute approximate surface area is 121 Å². The van der Waals surface area contributed by atoms with Crippen LogP contribution in [0, 0.1) is 5.92 Å². The van der Waals surface area contributed by atoms with Gasteiger partial charge in [-0.1, -0.05) is 25.8 Å². The number of thiophene rings is 1. The second-order valence-corrected chi connectivity index (χ2v) is 6.96. The van der Waals surface area contributed by atoms with E-state index in [-0.39, 0.29) is 5.60 Å². The van der Waals surface area contributed by atoms with E-state index in [9.17, 15) is 0 Å². The average molecular weight is 281 g/mol. The molecule has 1 N–H and O–H groups in total. The van der Waals surface area contributed by atoms with Gasteiger partial charge in [0.1, 0.15) is 0 Å². The Hall–Kier alpha value is -0.380. The summed E-state index contributed by atoms with van der Waals surface area (Å²) in [6.07, 6.45) is 7.36. The molecule has 0 radical (unpaired) electrons. The van der Waals surface area contributed by atoms with Gasteiger partial charge in [0.25, 0.3) is 0 Å². The third-order valence-corrected chi connectivity index (χ3v) is 5.58. The maximum Gasteiger partial charge on any atom is 0.0833 e. The lowest BCUT2D eigenvalue weighted by Crippen LogP contribution is -2.53. The summed E-state index contributed by atoms with van der Waals surface area (Å²) in [5.41, 5.74) is 0.0453. The Kier molecular flexibility index (Phi) is 5.43. The quantitative estimate of drug-likeness (QED) is 0.855. The number of likely N-dealkylation sites (N-methyl/N-ethyl adjacent to an activating group) is 1. The van der Waals surface area contributed by atoms with Crippen LogP contribution in [0.25, 0.3) is 0 Å². The summed E-state index contributed by atoms with van der Waals surface area (Å²) in [5.74, 6) is 0.784. The molecule has 3 unspecified atom stereocenters. The van der Waals surface area contributed by atoms with E-state index in [0.717, 1.165) is 18.8 Å². The zero-order valence-corrected chi connectivity index (χ0v) is 13.3. The molecule has 1 aromatic rings. The average Bonchev–Trinajstić information content (AvgIpc) is 2.92. The predicted octanol–water partition coefficient (Wildman–Crippen LogP) is 3.86. The molecule has 0 aromatic carbocycles. The first kappa shape index (κ1) is 15.0. The van der Waals surface area contributed by atoms with Gasteiger partial charge in [-0.05, 0) is 50.1 Å². The zero-order valence-electron chi connectivity index (χ0n) is 12.4. The molecule has 19 heavy (non-hydrogen) atoms. The number of aryl methyl sites for hydroxylation is 1. The molecule has 1 heterocycles. The Morgan fingerprint density at radius 1 is 1.58 bits per heavy atom. The van der Waals surface area contributed by atoms with Crippen molar-refractivity contribution in [3.05, 3.63) is 22.4 Å². The van der Waals surface area contributed by atoms with Gasteiger partial charge in [0, 0.05) is 18.0 Å². The van der Waals surface area contributed by atoms with Crippen molar-refractivity contribution in [1.82, 2.24) is 5.32 Å². The third-order valence-electron chi connectivity index (χ3n) is 4.64. The van der Waals surface area contributed by atoms with Crippen LogP contribution in [-0.4, -0.2) is 25.8 Å². The van der Waals surface area contributed by atoms with Crippen LogP contribution in [0.3, 0.4) is 0 Å². The lowest BCUT2D eigenvalue weighted by Gasteiger charge is -2.44. The van der Waals surface area contributed by atoms with E-state index in [1.807, 2.05) is 18.4 Å². The van der Waals surface area contributed by atoms with Gasteiger partial charge in [-0.2, -0.15) is 0 Å². The SMILES string of the molecule is CNC(CCc1cccs1)C1(OC)CCCC(C)C1. The van der Waals surface area contributed by atoms with Gasteiger partial charge in [0.15, 0.2) is 0 Å². The molecule has 1 aromatic heterocycles. The minimum absolute atomic E-state index is 0.0453. The Balaban J connectivity index is 2.01. The fourth-order valence-corrected chi connectivity index (χ4v) is 4.32. The predicted molar refractivity (Wildman–Crippen MR) is 82.9 cm³/mol. The van der Waals surface area contributed by atoms with E-state index in [2.05, 4.69) is 36.8 Å². The highest BCUT2D eigenvalue weighted by Crippen LogP contribution is 2.38. The molecule has 1 saturated carbocycles. The molecule has 3 heteroatoms. The summed E-state index contributed by atoms with van der Waals surface area (Å²) >= 11 is 1.86. The molecule has 0 spiro atoms. The topological polar surface area (TPSA) is 21.3 Å². The molecule has 1 aliphatic carbocycles. The lowest BCUT2D eigenvalue weighted by atomic mass is 9.73. The molecular formula is C16H27NOS. The summed E-state index contributed by atoms with van der Waals surface area (Å²) in [6.45, 7) is 2.36. The van der Waals surface area contributed by atoms with Gasteiger partial charge >= 0.3 is 0 Å². The molecule has 2 nitrogen and oxygen atoms in total. The Morgan fingerprint density at radius 2 is 2.42 bits per heavy atom. The lowest BCUT2D eigenvalue weighted by molar-refractivity contribution is -0.0792. The van der Waals surface area contributed by atoms with Crippen molar-refractivity contribution in [3.63, 3.8) is 0 Å². The highest BCUT2D eigenvalue weighted by molar-refractivity contribution is 7.09. The van der Waals surface area contributed by atoms with E-state index in [4.69, 9.17) is 4.74 Å². The van der Waals surface area contributed by atoms with Gasteiger partial charge < -0.3 is 10.1 Å². The molecule has 0 aliphatic heterocycles. The third kappa shape index (κ3) is 3.59. The zero-order chi connectivity index (χ0) is 13.7. The van der Waals surface area contributed by atoms with Crippen LogP contribution in [0.4, 0.5) is 0 Å². The van der Waals surface area contributed by atoms with Crippen molar-refractivity contribution in [2.75, 3.05) is 14.2 Å². The minimum Gasteiger partial charge on any atom is -0.377 e. The van der Waals surface area contributed by atoms with Gasteiger partial charge in [0.2, 0.25) is 0 Å². The number of hydrogen-bond donors (Lipinski definition) is 1. The van der Waals surface area contributed by atoms with Gasteiger partial charge in [-0.3, -0.25) is 0 Å². The Bertz CT molecular complexity index is 365. The molecule has 3 atom stereocenters. The molecule has 0 bridgehead atoms. The van der Waals surface area contributed by atoms with Crippen molar-refractivity contribution in [2.45, 2.75) is 57.1 Å². The van der Waals surface area contributed by atoms with E-state index in [0.29, 0.717) is 6.04 Å². The van der Waals surface area contributed by atoms with E-state index >= 15 is 0 Å². The van der Waals surface area contributed by atoms with E-state index in [1.165, 1.54) is 30.6 Å². The number of rotatable bonds is 6. The molecule has 1 fully saturated rings. The Morgan fingerprint density at radius 3 is 3.00 bits per heavy atom. The number of ether oxygens (including phenoxy) is 1. The fourth-order valence-electron chi connectivity index (χ4n) is 3.60. The van der Waals surface area contributed by atoms with Crippen molar-refractivity contribution < 1.29 is 4.74 Å². The molecule has 0 amide bonds. The molecule has 1 aliphatic rings. The second-order valence-electron chi connectivity index (χ2n) is 5.93. The molecule has 2 rings (SSSR count). The number of nitrogens with one attached hydrogen (secondary N) is 1. The van der Waals surface area contributed by atoms with Crippen molar-refractivity contribution in [2.24, 2.45) is 5.92 Å². The summed E-state index contributed by atoms with van der Waals surface area (Å²) in [7, 11) is 3.98. The van der Waals surface area contributed by atoms with E-state index < -0.39 is 0 Å². The highest BCUT2D eigenvalue weighted by Gasteiger charge is 2.41. The summed E-state index contributed by atoms with van der Waals surface area (Å²) < 4.78 is 6.01. The first-order valence-electron chi connectivity index (χ1n) is 7.45. The van der Waals surface area contributed by atoms with Crippen molar-refractivity contribution >= 4 is 11.3 Å². The van der Waals surface area contributed by atoms with Crippen LogP contribution in [0.1, 0.15) is 43.9 Å². The number of hydrogen-bond acceptors (Lipinski definition) is 3. The van der Waals surface area contributed by atoms with Crippen LogP contribution in [-0.2, 0) is 11.2 Å². The van der Waals surface area contributed by atoms with Crippen LogP contribution in [0.5, 0.6) is 0 Å². The van der Waals surface area contributed by atoms with Crippen LogP contribution in [0.2, 0.25) is 0 Å². The van der Waals surface area contributed by atoms with Crippen LogP contribution in [0.15, 0.2) is 17.5 Å². The largest absolute Gasteiger partial charge is 0.377 e. The van der Waals surface area contributed by atoms with Crippen molar-refractivity contribution in [1.29, 1.82) is 0 Å². The second kappa shape index (κ2) is 6.87. The van der Waals surface area contributed by atoms with Gasteiger partial charge in [-0.15, -0.1) is 11.3 Å². The maximum atomic E-state index is 6.01. The number of methoxy groups -OCH3 is 1. The molecular weight excluding hydrogens is 254 g/mol. The van der Waals surface area contributed by atoms with Crippen molar-refractivity contribution in [3.8, 4) is 0 Å². The van der Waals surface area contributed by atoms with Crippen LogP contribution >= 0.6 is 11.3 Å². The first-order chi connectivity index (χ1) is 9.20. The standard InChI is InChI=1S/C16H27NOS/c1-13-6-4-10-16(12-13,18-3)15(17-2)9-8-14-7-5-11-19-14/h5,7,11,13,15,17H,4,6,8-10,12H2,1-3H3. The van der Waals surface area contributed by atoms with Gasteiger partial charge in [0.05, 0.1) is 5.60 Å². The summed E-state index contributed by atoms with van der Waals surface area (Å²) in [4.78, 5) is 1.48. The first-order valence-corrected chi connectivity index (χ1v) is 8.33. The van der Waals surface area contributed by atoms with Crippen LogP contribution < -0.4 is 5.32 Å². The monoisotopic (exact) mass is 281 g/mol.